The van der Waals surface area contributed by atoms with Crippen molar-refractivity contribution in [2.24, 2.45) is 32.5 Å². The van der Waals surface area contributed by atoms with E-state index in [-0.39, 0.29) is 112 Å². The highest BCUT2D eigenvalue weighted by Crippen LogP contribution is 2.26. The number of alkyl carbamates (subject to hydrolysis) is 2. The van der Waals surface area contributed by atoms with E-state index in [9.17, 15) is 62.3 Å². The predicted octanol–water partition coefficient (Wildman–Crippen LogP) is 14.5. The molecule has 0 aliphatic rings. The van der Waals surface area contributed by atoms with Crippen LogP contribution in [-0.2, 0) is 106 Å². The van der Waals surface area contributed by atoms with E-state index in [0.29, 0.717) is 77.0 Å². The molecule has 1 aromatic carbocycles. The number of ether oxygens (including phenoxy) is 9. The smallest absolute Gasteiger partial charge is 0.481 e. The highest BCUT2D eigenvalue weighted by Gasteiger charge is 2.39. The minimum Gasteiger partial charge on any atom is -0.481 e. The summed E-state index contributed by atoms with van der Waals surface area (Å²) in [6.45, 7) is 38.8. The lowest BCUT2D eigenvalue weighted by Gasteiger charge is -2.25. The molecule has 2 aromatic rings. The van der Waals surface area contributed by atoms with Gasteiger partial charge in [0.15, 0.2) is 0 Å². The van der Waals surface area contributed by atoms with Crippen molar-refractivity contribution in [1.29, 1.82) is 0 Å². The number of rotatable bonds is 46. The summed E-state index contributed by atoms with van der Waals surface area (Å²) in [4.78, 5) is 148. The summed E-state index contributed by atoms with van der Waals surface area (Å²) in [6, 6.07) is 9.53. The Bertz CT molecular complexity index is 3030. The summed E-state index contributed by atoms with van der Waals surface area (Å²) in [5, 5.41) is 39.0. The van der Waals surface area contributed by atoms with Gasteiger partial charge in [0.1, 0.15) is 33.0 Å². The first-order valence-electron chi connectivity index (χ1n) is 38.6. The van der Waals surface area contributed by atoms with E-state index in [2.05, 4.69) is 20.4 Å². The number of amides is 2. The maximum Gasteiger partial charge on any atom is 0.503 e. The summed E-state index contributed by atoms with van der Waals surface area (Å²) in [5.41, 5.74) is -2.51. The SMILES string of the molecule is CCC(C)(C)C(=O)O.CCC(C)(C)C(=O)O.CCC(C)(C)C(=O)OCCNC(=O)OCCCCCC(=O)OCc1ccncc1.CCC(C)(C)C(=O)OCCOC(C)=O.CCC(C)(C)C(=O)OCC[Si](OC)(OC)OC.CCCCOC(=O)CCCCCOC(=O)NCCOC(=O)C(C)(C)CC.O=C(O)c1ccccc1C(=O)O. The number of pyridine rings is 1. The monoisotopic (exact) mass is 1650 g/mol. The van der Waals surface area contributed by atoms with Crippen LogP contribution in [0.2, 0.25) is 6.04 Å². The Morgan fingerprint density at radius 2 is 0.702 bits per heavy atom. The Balaban J connectivity index is -0.000000425. The Hall–Kier alpha value is -8.82. The molecule has 1 aromatic heterocycles. The van der Waals surface area contributed by atoms with Crippen LogP contribution in [0.1, 0.15) is 267 Å². The van der Waals surface area contributed by atoms with E-state index in [1.54, 1.807) is 52.2 Å². The number of unbranched alkanes of at least 4 members (excludes halogenated alkanes) is 5. The number of hydrogen-bond acceptors (Lipinski definition) is 26. The Morgan fingerprint density at radius 3 is 1.01 bits per heavy atom. The summed E-state index contributed by atoms with van der Waals surface area (Å²) in [6.07, 6.45) is 13.3. The third kappa shape index (κ3) is 57.2. The number of aromatic carboxylic acids is 2. The number of hydrogen-bond donors (Lipinski definition) is 6. The summed E-state index contributed by atoms with van der Waals surface area (Å²) >= 11 is 0. The summed E-state index contributed by atoms with van der Waals surface area (Å²) < 4.78 is 61.0. The van der Waals surface area contributed by atoms with Gasteiger partial charge in [0, 0.05) is 53.5 Å². The molecule has 656 valence electrons. The summed E-state index contributed by atoms with van der Waals surface area (Å²) in [7, 11) is 1.99. The third-order valence-electron chi connectivity index (χ3n) is 17.9. The average molecular weight is 1650 g/mol. The van der Waals surface area contributed by atoms with Crippen molar-refractivity contribution in [2.75, 3.05) is 87.3 Å². The van der Waals surface area contributed by atoms with Gasteiger partial charge in [-0.05, 0) is 196 Å². The van der Waals surface area contributed by atoms with Crippen molar-refractivity contribution >= 4 is 86.7 Å². The standard InChI is InChI=1S/C21H32N2O6.C19H35NO6.C11H24O5Si.C10H18O4.C8H6O4.2C6H12O2/c1-4-21(2,3)19(25)27-15-13-23-20(26)28-14-7-5-6-8-18(24)29-16-17-9-11-22-12-10-17;1-5-7-13-24-16(21)11-9-8-10-14-26-18(23)20-12-15-25-17(22)19(3,4)6-2;1-7-11(2,3)10(12)16-8-9-17(13-4,14-5)15-6;1-5-10(3,4)9(12)14-7-6-13-8(2)11;9-7(10)5-3-1-2-4-6(5)8(11)12;2*1-4-6(2,3)5(7)8/h9-12H,4-8,13-16H2,1-3H3,(H,23,26);5-15H2,1-4H3,(H,20,23);7-9H2,1-6H3;5-7H2,1-4H3;1-4H,(H,9,10)(H,11,12);2*4H2,1-3H3,(H,7,8). The molecule has 0 saturated carbocycles. The van der Waals surface area contributed by atoms with E-state index in [4.69, 9.17) is 71.6 Å². The molecule has 33 heteroatoms. The van der Waals surface area contributed by atoms with Crippen molar-refractivity contribution in [3.8, 4) is 0 Å². The number of benzene rings is 1. The quantitative estimate of drug-likeness (QED) is 0.0155. The minimum absolute atomic E-state index is 0.110. The van der Waals surface area contributed by atoms with E-state index in [1.165, 1.54) is 52.5 Å². The van der Waals surface area contributed by atoms with Crippen LogP contribution in [0, 0.1) is 32.5 Å². The van der Waals surface area contributed by atoms with Gasteiger partial charge in [-0.15, -0.1) is 0 Å². The largest absolute Gasteiger partial charge is 0.503 e. The van der Waals surface area contributed by atoms with E-state index in [1.807, 2.05) is 104 Å². The molecular weight excluding hydrogens is 1510 g/mol. The molecule has 114 heavy (non-hydrogen) atoms. The van der Waals surface area contributed by atoms with Crippen molar-refractivity contribution in [2.45, 2.75) is 254 Å². The highest BCUT2D eigenvalue weighted by molar-refractivity contribution is 6.60. The fourth-order valence-corrected chi connectivity index (χ4v) is 8.37. The van der Waals surface area contributed by atoms with Gasteiger partial charge < -0.3 is 87.0 Å². The van der Waals surface area contributed by atoms with Crippen LogP contribution in [0.4, 0.5) is 9.59 Å². The molecule has 0 bridgehead atoms. The number of esters is 7. The first-order chi connectivity index (χ1) is 53.1. The lowest BCUT2D eigenvalue weighted by molar-refractivity contribution is -0.158. The van der Waals surface area contributed by atoms with Gasteiger partial charge in [-0.2, -0.15) is 0 Å². The lowest BCUT2D eigenvalue weighted by Crippen LogP contribution is -2.44. The lowest BCUT2D eigenvalue weighted by atomic mass is 9.91. The highest BCUT2D eigenvalue weighted by atomic mass is 28.4. The zero-order chi connectivity index (χ0) is 88.8. The molecular formula is C81H139N3O29Si. The number of aliphatic carboxylic acids is 2. The van der Waals surface area contributed by atoms with Crippen LogP contribution in [0.5, 0.6) is 0 Å². The number of aromatic nitrogens is 1. The Morgan fingerprint density at radius 1 is 0.377 bits per heavy atom. The summed E-state index contributed by atoms with van der Waals surface area (Å²) in [5.74, 6) is -5.70. The fourth-order valence-electron chi connectivity index (χ4n) is 6.90. The van der Waals surface area contributed by atoms with Crippen molar-refractivity contribution in [3.63, 3.8) is 0 Å². The van der Waals surface area contributed by atoms with Crippen LogP contribution in [-0.4, -0.2) is 199 Å². The molecule has 0 aliphatic carbocycles. The molecule has 1 heterocycles. The molecule has 0 aliphatic heterocycles. The van der Waals surface area contributed by atoms with Gasteiger partial charge in [-0.25, -0.2) is 19.2 Å². The number of carboxylic acid groups (broad SMARTS) is 4. The number of carboxylic acids is 4. The number of carbonyl (C=O) groups excluding carboxylic acids is 9. The van der Waals surface area contributed by atoms with Gasteiger partial charge in [-0.1, -0.05) is 67.0 Å². The van der Waals surface area contributed by atoms with E-state index in [0.717, 1.165) is 50.5 Å². The Labute approximate surface area is 677 Å². The van der Waals surface area contributed by atoms with Crippen LogP contribution >= 0.6 is 0 Å². The minimum atomic E-state index is -2.63. The zero-order valence-electron chi connectivity index (χ0n) is 72.4. The van der Waals surface area contributed by atoms with Crippen LogP contribution in [0.25, 0.3) is 0 Å². The topological polar surface area (TPSA) is 451 Å². The van der Waals surface area contributed by atoms with Crippen LogP contribution in [0.15, 0.2) is 48.8 Å². The molecule has 0 spiro atoms. The molecule has 0 saturated heterocycles. The normalized spacial score (nSPS) is 11.0. The fraction of sp³-hybridized carbons (Fsp3) is 0.704. The Kier molecular flexibility index (Phi) is 63.3. The van der Waals surface area contributed by atoms with E-state index >= 15 is 0 Å². The number of nitrogens with zero attached hydrogens (tertiary/aromatic N) is 1. The molecule has 0 fully saturated rings. The van der Waals surface area contributed by atoms with Gasteiger partial charge in [0.25, 0.3) is 0 Å². The molecule has 2 rings (SSSR count). The van der Waals surface area contributed by atoms with Crippen LogP contribution < -0.4 is 10.6 Å². The molecule has 0 unspecified atom stereocenters. The molecule has 0 atom stereocenters. The molecule has 2 amide bonds. The van der Waals surface area contributed by atoms with Gasteiger partial charge in [0.05, 0.1) is 89.2 Å². The maximum atomic E-state index is 11.8. The van der Waals surface area contributed by atoms with E-state index < -0.39 is 77.4 Å². The molecule has 6 N–H and O–H groups in total. The number of nitrogens with one attached hydrogen (secondary N) is 2. The predicted molar refractivity (Wildman–Crippen MR) is 428 cm³/mol. The molecule has 32 nitrogen and oxygen atoms in total. The first kappa shape index (κ1) is 114. The molecule has 0 radical (unpaired) electrons. The first-order valence-corrected chi connectivity index (χ1v) is 40.5. The average Bonchev–Trinajstić information content (AvgIpc) is 0.850. The van der Waals surface area contributed by atoms with Crippen molar-refractivity contribution < 1.29 is 139 Å². The second-order valence-electron chi connectivity index (χ2n) is 29.5. The van der Waals surface area contributed by atoms with Crippen molar-refractivity contribution in [1.82, 2.24) is 15.6 Å². The van der Waals surface area contributed by atoms with Crippen molar-refractivity contribution in [3.05, 3.63) is 65.5 Å². The number of carbonyl (C=O) groups is 13. The van der Waals surface area contributed by atoms with Gasteiger partial charge >= 0.3 is 86.7 Å². The zero-order valence-corrected chi connectivity index (χ0v) is 73.4. The van der Waals surface area contributed by atoms with Gasteiger partial charge in [-0.3, -0.25) is 48.1 Å². The van der Waals surface area contributed by atoms with Gasteiger partial charge in [0.2, 0.25) is 0 Å². The second kappa shape index (κ2) is 63.5. The third-order valence-corrected chi connectivity index (χ3v) is 20.6. The van der Waals surface area contributed by atoms with Crippen LogP contribution in [0.3, 0.4) is 0 Å². The maximum absolute atomic E-state index is 11.8. The second-order valence-corrected chi connectivity index (χ2v) is 32.5.